The van der Waals surface area contributed by atoms with Gasteiger partial charge in [0.25, 0.3) is 5.56 Å². The smallest absolute Gasteiger partial charge is 0.291 e. The van der Waals surface area contributed by atoms with Crippen LogP contribution in [0.3, 0.4) is 0 Å². The van der Waals surface area contributed by atoms with Gasteiger partial charge >= 0.3 is 0 Å². The zero-order chi connectivity index (χ0) is 30.3. The molecule has 220 valence electrons. The molecular formula is C35H31N5O2S2. The van der Waals surface area contributed by atoms with Gasteiger partial charge < -0.3 is 4.74 Å². The quantitative estimate of drug-likeness (QED) is 0.0823. The zero-order valence-electron chi connectivity index (χ0n) is 24.3. The molecule has 9 heteroatoms. The van der Waals surface area contributed by atoms with Crippen LogP contribution in [0.1, 0.15) is 36.7 Å². The molecule has 0 aliphatic heterocycles. The van der Waals surface area contributed by atoms with E-state index >= 15 is 0 Å². The summed E-state index contributed by atoms with van der Waals surface area (Å²) in [4.78, 5) is 19.8. The first-order chi connectivity index (χ1) is 21.6. The number of nitrogens with zero attached hydrogens (tertiary/aromatic N) is 5. The molecule has 44 heavy (non-hydrogen) atoms. The fourth-order valence-corrected chi connectivity index (χ4v) is 6.44. The number of para-hydroxylation sites is 1. The minimum atomic E-state index is -0.207. The standard InChI is InChI=1S/C35H31N5O2S2/c1-3-5-22-43-30-18-14-26(15-19-30)33-27(24-39(38-33)28-9-7-6-8-10-28)23-31-34(41)40-35(44-31)36-32(37-40)20-13-25-11-16-29(17-12-25)42-21-4-2/h4,6-20,23-24H,2-3,5,21-22H2,1H3/b20-13+,31-23-. The lowest BCUT2D eigenvalue weighted by Crippen LogP contribution is -2.23. The molecule has 0 bridgehead atoms. The van der Waals surface area contributed by atoms with E-state index in [-0.39, 0.29) is 5.56 Å². The van der Waals surface area contributed by atoms with Crippen LogP contribution in [0.5, 0.6) is 5.75 Å². The molecule has 3 aromatic carbocycles. The molecule has 0 aliphatic rings. The van der Waals surface area contributed by atoms with Gasteiger partial charge in [0.05, 0.1) is 15.9 Å². The van der Waals surface area contributed by atoms with Crippen LogP contribution >= 0.6 is 23.1 Å². The Morgan fingerprint density at radius 2 is 1.77 bits per heavy atom. The van der Waals surface area contributed by atoms with E-state index in [1.807, 2.05) is 89.4 Å². The van der Waals surface area contributed by atoms with Crippen molar-refractivity contribution in [1.82, 2.24) is 24.4 Å². The van der Waals surface area contributed by atoms with Crippen LogP contribution in [-0.4, -0.2) is 36.7 Å². The van der Waals surface area contributed by atoms with Crippen molar-refractivity contribution in [3.8, 4) is 22.7 Å². The molecule has 3 aromatic heterocycles. The number of thioether (sulfide) groups is 1. The summed E-state index contributed by atoms with van der Waals surface area (Å²) in [6.07, 6.45) is 11.7. The van der Waals surface area contributed by atoms with Crippen LogP contribution in [-0.2, 0) is 0 Å². The number of ether oxygens (including phenoxy) is 1. The maximum atomic E-state index is 13.4. The Bertz CT molecular complexity index is 2010. The minimum Gasteiger partial charge on any atom is -0.490 e. The van der Waals surface area contributed by atoms with E-state index < -0.39 is 0 Å². The molecule has 0 saturated heterocycles. The Kier molecular flexibility index (Phi) is 9.14. The maximum absolute atomic E-state index is 13.4. The summed E-state index contributed by atoms with van der Waals surface area (Å²) in [5.74, 6) is 2.36. The molecule has 0 spiro atoms. The number of unbranched alkanes of at least 4 members (excludes halogenated alkanes) is 1. The molecule has 6 aromatic rings. The number of hydrogen-bond acceptors (Lipinski definition) is 7. The van der Waals surface area contributed by atoms with Gasteiger partial charge in [0.2, 0.25) is 4.96 Å². The van der Waals surface area contributed by atoms with Gasteiger partial charge in [0.15, 0.2) is 5.82 Å². The third-order valence-electron chi connectivity index (χ3n) is 6.82. The summed E-state index contributed by atoms with van der Waals surface area (Å²) in [6.45, 7) is 6.33. The first-order valence-corrected chi connectivity index (χ1v) is 16.2. The number of thiazole rings is 1. The van der Waals surface area contributed by atoms with Crippen molar-refractivity contribution in [2.24, 2.45) is 0 Å². The zero-order valence-corrected chi connectivity index (χ0v) is 25.9. The van der Waals surface area contributed by atoms with Gasteiger partial charge in [-0.25, -0.2) is 4.68 Å². The molecular weight excluding hydrogens is 587 g/mol. The lowest BCUT2D eigenvalue weighted by molar-refractivity contribution is 0.363. The van der Waals surface area contributed by atoms with Gasteiger partial charge in [0.1, 0.15) is 12.4 Å². The molecule has 0 atom stereocenters. The molecule has 3 heterocycles. The van der Waals surface area contributed by atoms with Crippen molar-refractivity contribution >= 4 is 46.3 Å². The number of rotatable bonds is 12. The molecule has 0 aliphatic carbocycles. The maximum Gasteiger partial charge on any atom is 0.291 e. The Morgan fingerprint density at radius 1 is 0.977 bits per heavy atom. The highest BCUT2D eigenvalue weighted by Crippen LogP contribution is 2.28. The van der Waals surface area contributed by atoms with Crippen LogP contribution in [0.15, 0.2) is 107 Å². The fraction of sp³-hybridized carbons (Fsp3) is 0.143. The number of benzene rings is 3. The number of hydrogen-bond donors (Lipinski definition) is 0. The SMILES string of the molecule is C=CCOc1ccc(/C=C/c2nc3s/c(=C\c4cn(-c5ccccc5)nc4-c4ccc(SCCCC)cc4)c(=O)n3n2)cc1. The number of fused-ring (bicyclic) bond motifs is 1. The molecule has 0 N–H and O–H groups in total. The fourth-order valence-electron chi connectivity index (χ4n) is 4.54. The molecule has 0 unspecified atom stereocenters. The topological polar surface area (TPSA) is 74.3 Å². The Hall–Kier alpha value is -4.73. The summed E-state index contributed by atoms with van der Waals surface area (Å²) in [5, 5.41) is 9.39. The predicted octanol–water partition coefficient (Wildman–Crippen LogP) is 7.18. The van der Waals surface area contributed by atoms with Gasteiger partial charge in [-0.15, -0.1) is 16.9 Å². The summed E-state index contributed by atoms with van der Waals surface area (Å²) in [7, 11) is 0. The highest BCUT2D eigenvalue weighted by molar-refractivity contribution is 7.99. The lowest BCUT2D eigenvalue weighted by Gasteiger charge is -2.03. The van der Waals surface area contributed by atoms with E-state index in [2.05, 4.69) is 47.9 Å². The van der Waals surface area contributed by atoms with Crippen LogP contribution in [0.25, 0.3) is 40.1 Å². The van der Waals surface area contributed by atoms with E-state index in [0.717, 1.165) is 39.6 Å². The molecule has 0 saturated carbocycles. The summed E-state index contributed by atoms with van der Waals surface area (Å²) in [6, 6.07) is 26.2. The van der Waals surface area contributed by atoms with Gasteiger partial charge in [-0.1, -0.05) is 85.9 Å². The second kappa shape index (κ2) is 13.7. The van der Waals surface area contributed by atoms with Crippen molar-refractivity contribution in [2.45, 2.75) is 24.7 Å². The van der Waals surface area contributed by atoms with E-state index in [9.17, 15) is 4.79 Å². The van der Waals surface area contributed by atoms with Crippen LogP contribution in [0, 0.1) is 0 Å². The van der Waals surface area contributed by atoms with Crippen molar-refractivity contribution in [1.29, 1.82) is 0 Å². The van der Waals surface area contributed by atoms with Gasteiger partial charge in [-0.2, -0.15) is 14.6 Å². The van der Waals surface area contributed by atoms with Gasteiger partial charge in [-0.05, 0) is 66.3 Å². The van der Waals surface area contributed by atoms with Gasteiger partial charge in [0, 0.05) is 22.2 Å². The van der Waals surface area contributed by atoms with Gasteiger partial charge in [-0.3, -0.25) is 4.79 Å². The lowest BCUT2D eigenvalue weighted by atomic mass is 10.1. The molecule has 0 radical (unpaired) electrons. The molecule has 7 nitrogen and oxygen atoms in total. The first kappa shape index (κ1) is 29.3. The monoisotopic (exact) mass is 617 g/mol. The van der Waals surface area contributed by atoms with Crippen molar-refractivity contribution < 1.29 is 4.74 Å². The second-order valence-corrected chi connectivity index (χ2v) is 12.2. The Morgan fingerprint density at radius 3 is 2.50 bits per heavy atom. The molecule has 6 rings (SSSR count). The summed E-state index contributed by atoms with van der Waals surface area (Å²) in [5.41, 5.74) is 4.36. The van der Waals surface area contributed by atoms with E-state index in [4.69, 9.17) is 9.84 Å². The third kappa shape index (κ3) is 6.74. The summed E-state index contributed by atoms with van der Waals surface area (Å²) >= 11 is 3.18. The average Bonchev–Trinajstić information content (AvgIpc) is 3.75. The highest BCUT2D eigenvalue weighted by atomic mass is 32.2. The third-order valence-corrected chi connectivity index (χ3v) is 8.87. The largest absolute Gasteiger partial charge is 0.490 e. The minimum absolute atomic E-state index is 0.207. The van der Waals surface area contributed by atoms with Crippen molar-refractivity contribution in [3.63, 3.8) is 0 Å². The van der Waals surface area contributed by atoms with Crippen molar-refractivity contribution in [3.05, 3.63) is 130 Å². The normalized spacial score (nSPS) is 12.0. The molecule has 0 amide bonds. The highest BCUT2D eigenvalue weighted by Gasteiger charge is 2.14. The Balaban J connectivity index is 1.30. The van der Waals surface area contributed by atoms with E-state index in [1.54, 1.807) is 12.2 Å². The van der Waals surface area contributed by atoms with Crippen molar-refractivity contribution in [2.75, 3.05) is 12.4 Å². The van der Waals surface area contributed by atoms with Crippen LogP contribution in [0.4, 0.5) is 0 Å². The summed E-state index contributed by atoms with van der Waals surface area (Å²) < 4.78 is 9.30. The number of aromatic nitrogens is 5. The van der Waals surface area contributed by atoms with Crippen LogP contribution in [0.2, 0.25) is 0 Å². The van der Waals surface area contributed by atoms with E-state index in [1.165, 1.54) is 33.6 Å². The average molecular weight is 618 g/mol. The van der Waals surface area contributed by atoms with Crippen LogP contribution < -0.4 is 14.8 Å². The van der Waals surface area contributed by atoms with E-state index in [0.29, 0.717) is 21.9 Å². The second-order valence-electron chi connectivity index (χ2n) is 10.0. The first-order valence-electron chi connectivity index (χ1n) is 14.4. The predicted molar refractivity (Wildman–Crippen MR) is 182 cm³/mol. The molecule has 0 fully saturated rings. The Labute approximate surface area is 263 Å².